The molecule has 0 spiro atoms. The van der Waals surface area contributed by atoms with Crippen LogP contribution in [0.5, 0.6) is 0 Å². The van der Waals surface area contributed by atoms with E-state index in [-0.39, 0.29) is 17.6 Å². The highest BCUT2D eigenvalue weighted by molar-refractivity contribution is 6.30. The van der Waals surface area contributed by atoms with Crippen LogP contribution in [0.2, 0.25) is 0 Å². The van der Waals surface area contributed by atoms with E-state index in [0.717, 1.165) is 6.20 Å². The number of amides is 1. The molecular weight excluding hydrogens is 397 g/mol. The summed E-state index contributed by atoms with van der Waals surface area (Å²) in [4.78, 5) is 24.5. The van der Waals surface area contributed by atoms with Crippen molar-refractivity contribution in [2.75, 3.05) is 11.9 Å². The second kappa shape index (κ2) is 7.78. The molecule has 0 radical (unpaired) electrons. The monoisotopic (exact) mass is 414 g/mol. The van der Waals surface area contributed by atoms with Crippen LogP contribution in [0.15, 0.2) is 28.6 Å². The first-order valence-electron chi connectivity index (χ1n) is 8.44. The number of allylic oxidation sites excluding steroid dienone is 1. The van der Waals surface area contributed by atoms with Gasteiger partial charge in [0.15, 0.2) is 17.5 Å². The van der Waals surface area contributed by atoms with Crippen molar-refractivity contribution < 1.29 is 18.0 Å². The quantitative estimate of drug-likeness (QED) is 0.665. The van der Waals surface area contributed by atoms with Crippen molar-refractivity contribution in [1.82, 2.24) is 20.6 Å². The highest BCUT2D eigenvalue weighted by Gasteiger charge is 2.33. The van der Waals surface area contributed by atoms with Crippen LogP contribution in [0.3, 0.4) is 0 Å². The van der Waals surface area contributed by atoms with E-state index in [9.17, 15) is 18.0 Å². The lowest BCUT2D eigenvalue weighted by molar-refractivity contribution is -0.125. The Morgan fingerprint density at radius 3 is 2.93 bits per heavy atom. The number of carbonyl (C=O) groups is 1. The number of nitrogens with zero attached hydrogens (tertiary/aromatic N) is 3. The Bertz CT molecular complexity index is 884. The van der Waals surface area contributed by atoms with Crippen LogP contribution in [-0.2, 0) is 4.79 Å². The number of alkyl halides is 2. The van der Waals surface area contributed by atoms with E-state index in [0.29, 0.717) is 22.9 Å². The molecule has 0 saturated carbocycles. The average molecular weight is 415 g/mol. The molecule has 1 unspecified atom stereocenters. The summed E-state index contributed by atoms with van der Waals surface area (Å²) in [6.45, 7) is 2.07. The number of aromatic nitrogens is 2. The molecule has 0 bridgehead atoms. The molecule has 3 N–H and O–H groups in total. The number of rotatable bonds is 6. The van der Waals surface area contributed by atoms with Gasteiger partial charge < -0.3 is 16.0 Å². The second-order valence-electron chi connectivity index (χ2n) is 6.83. The van der Waals surface area contributed by atoms with Crippen molar-refractivity contribution in [1.29, 1.82) is 0 Å². The lowest BCUT2D eigenvalue weighted by Crippen LogP contribution is -2.49. The summed E-state index contributed by atoms with van der Waals surface area (Å²) in [6.07, 6.45) is 2.02. The third kappa shape index (κ3) is 4.27. The minimum atomic E-state index is -2.68. The van der Waals surface area contributed by atoms with Gasteiger partial charge in [-0.2, -0.15) is 0 Å². The first-order chi connectivity index (χ1) is 13.2. The maximum absolute atomic E-state index is 14.2. The predicted molar refractivity (Wildman–Crippen MR) is 99.3 cm³/mol. The van der Waals surface area contributed by atoms with E-state index >= 15 is 0 Å². The topological polar surface area (TPSA) is 91.3 Å². The fraction of sp³-hybridized carbons (Fsp3) is 0.412. The van der Waals surface area contributed by atoms with E-state index in [4.69, 9.17) is 11.6 Å². The molecule has 1 amide bonds. The van der Waals surface area contributed by atoms with E-state index < -0.39 is 30.2 Å². The van der Waals surface area contributed by atoms with E-state index in [1.807, 2.05) is 0 Å². The summed E-state index contributed by atoms with van der Waals surface area (Å²) in [6, 6.07) is 0. The summed E-state index contributed by atoms with van der Waals surface area (Å²) >= 11 is 6.05. The Hall–Kier alpha value is -2.62. The number of amidine groups is 1. The molecule has 2 aliphatic rings. The van der Waals surface area contributed by atoms with Gasteiger partial charge in [0.1, 0.15) is 11.4 Å². The van der Waals surface area contributed by atoms with E-state index in [1.165, 1.54) is 13.8 Å². The van der Waals surface area contributed by atoms with E-state index in [1.54, 1.807) is 12.4 Å². The standard InChI is InChI=1S/C17H18ClF3N6O/c1-17(2,16(28)25-7-12(20)21)27-15-11(19)6-24-14(26-15)10-5-23-13-9(10)3-8(18)4-22-13/h4-6,9,12H,3,7H2,1-2H3,(H,22,23)(H,25,28)(H,24,26,27). The van der Waals surface area contributed by atoms with Crippen LogP contribution in [0.1, 0.15) is 26.1 Å². The molecule has 0 saturated heterocycles. The zero-order valence-electron chi connectivity index (χ0n) is 15.1. The lowest BCUT2D eigenvalue weighted by Gasteiger charge is -2.26. The first-order valence-corrected chi connectivity index (χ1v) is 8.81. The van der Waals surface area contributed by atoms with Crippen LogP contribution >= 0.6 is 11.6 Å². The minimum absolute atomic E-state index is 0.182. The van der Waals surface area contributed by atoms with Gasteiger partial charge in [-0.15, -0.1) is 0 Å². The summed E-state index contributed by atoms with van der Waals surface area (Å²) in [5, 5.41) is 8.34. The van der Waals surface area contributed by atoms with Crippen molar-refractivity contribution in [2.45, 2.75) is 32.2 Å². The van der Waals surface area contributed by atoms with E-state index in [2.05, 4.69) is 30.9 Å². The molecule has 3 heterocycles. The second-order valence-corrected chi connectivity index (χ2v) is 7.32. The Morgan fingerprint density at radius 2 is 2.21 bits per heavy atom. The molecular formula is C17H18ClF3N6O. The van der Waals surface area contributed by atoms with Gasteiger partial charge in [-0.3, -0.25) is 4.79 Å². The molecule has 0 aromatic carbocycles. The van der Waals surface area contributed by atoms with Crippen LogP contribution < -0.4 is 16.0 Å². The molecule has 3 rings (SSSR count). The van der Waals surface area contributed by atoms with Gasteiger partial charge in [0, 0.05) is 23.0 Å². The summed E-state index contributed by atoms with van der Waals surface area (Å²) in [5.41, 5.74) is -0.708. The third-order valence-electron chi connectivity index (χ3n) is 4.24. The van der Waals surface area contributed by atoms with Crippen LogP contribution in [0, 0.1) is 11.7 Å². The van der Waals surface area contributed by atoms with Gasteiger partial charge in [0.25, 0.3) is 6.43 Å². The van der Waals surface area contributed by atoms with Crippen LogP contribution in [-0.4, -0.2) is 40.2 Å². The van der Waals surface area contributed by atoms with Gasteiger partial charge in [-0.1, -0.05) is 11.6 Å². The number of nitrogens with one attached hydrogen (secondary N) is 3. The largest absolute Gasteiger partial charge is 0.354 e. The van der Waals surface area contributed by atoms with Gasteiger partial charge >= 0.3 is 0 Å². The van der Waals surface area contributed by atoms with Crippen LogP contribution in [0.4, 0.5) is 19.0 Å². The molecule has 11 heteroatoms. The highest BCUT2D eigenvalue weighted by Crippen LogP contribution is 2.35. The zero-order valence-corrected chi connectivity index (χ0v) is 15.8. The molecule has 150 valence electrons. The normalized spacial score (nSPS) is 18.7. The molecule has 0 fully saturated rings. The average Bonchev–Trinajstić information content (AvgIpc) is 3.04. The predicted octanol–water partition coefficient (Wildman–Crippen LogP) is 2.63. The molecule has 0 aliphatic carbocycles. The number of aliphatic imine (C=N–C) groups is 1. The summed E-state index contributed by atoms with van der Waals surface area (Å²) < 4.78 is 38.9. The number of hydrogen-bond donors (Lipinski definition) is 3. The molecule has 7 nitrogen and oxygen atoms in total. The highest BCUT2D eigenvalue weighted by atomic mass is 35.5. The zero-order chi connectivity index (χ0) is 20.5. The number of fused-ring (bicyclic) bond motifs is 1. The molecule has 1 atom stereocenters. The number of anilines is 1. The fourth-order valence-electron chi connectivity index (χ4n) is 2.78. The first kappa shape index (κ1) is 20.1. The van der Waals surface area contributed by atoms with Gasteiger partial charge in [-0.05, 0) is 20.3 Å². The van der Waals surface area contributed by atoms with Crippen molar-refractivity contribution >= 4 is 34.7 Å². The minimum Gasteiger partial charge on any atom is -0.354 e. The van der Waals surface area contributed by atoms with Crippen molar-refractivity contribution in [2.24, 2.45) is 10.9 Å². The maximum Gasteiger partial charge on any atom is 0.255 e. The van der Waals surface area contributed by atoms with Crippen molar-refractivity contribution in [3.63, 3.8) is 0 Å². The van der Waals surface area contributed by atoms with Gasteiger partial charge in [-0.25, -0.2) is 28.1 Å². The summed E-state index contributed by atoms with van der Waals surface area (Å²) in [5.74, 6) is -0.965. The Kier molecular flexibility index (Phi) is 5.59. The number of hydrogen-bond acceptors (Lipinski definition) is 6. The molecule has 2 aliphatic heterocycles. The van der Waals surface area contributed by atoms with Gasteiger partial charge in [0.2, 0.25) is 5.91 Å². The Labute approximate surface area is 164 Å². The maximum atomic E-state index is 14.2. The van der Waals surface area contributed by atoms with Crippen molar-refractivity contribution in [3.8, 4) is 0 Å². The fourth-order valence-corrected chi connectivity index (χ4v) is 2.98. The molecule has 1 aromatic rings. The smallest absolute Gasteiger partial charge is 0.255 e. The third-order valence-corrected chi connectivity index (χ3v) is 4.49. The van der Waals surface area contributed by atoms with Crippen molar-refractivity contribution in [3.05, 3.63) is 35.3 Å². The lowest BCUT2D eigenvalue weighted by atomic mass is 9.95. The SMILES string of the molecule is CC(C)(Nc1nc(C2=CNC3=NC=C(Cl)CC23)ncc1F)C(=O)NCC(F)F. The number of carbonyl (C=O) groups excluding carboxylic acids is 1. The number of halogens is 4. The summed E-state index contributed by atoms with van der Waals surface area (Å²) in [7, 11) is 0. The Balaban J connectivity index is 1.80. The van der Waals surface area contributed by atoms with Gasteiger partial charge in [0.05, 0.1) is 18.7 Å². The Morgan fingerprint density at radius 1 is 1.46 bits per heavy atom. The molecule has 1 aromatic heterocycles. The molecule has 28 heavy (non-hydrogen) atoms. The van der Waals surface area contributed by atoms with Crippen LogP contribution in [0.25, 0.3) is 5.57 Å².